The maximum atomic E-state index is 13.2. The van der Waals surface area contributed by atoms with E-state index in [-0.39, 0.29) is 30.3 Å². The highest BCUT2D eigenvalue weighted by molar-refractivity contribution is 7.94. The third-order valence-electron chi connectivity index (χ3n) is 5.37. The van der Waals surface area contributed by atoms with Gasteiger partial charge in [-0.05, 0) is 34.5 Å². The van der Waals surface area contributed by atoms with Crippen molar-refractivity contribution >= 4 is 36.6 Å². The van der Waals surface area contributed by atoms with Crippen molar-refractivity contribution in [2.75, 3.05) is 18.8 Å². The van der Waals surface area contributed by atoms with Crippen LogP contribution in [0.2, 0.25) is 0 Å². The lowest BCUT2D eigenvalue weighted by atomic mass is 9.98. The second-order valence-corrected chi connectivity index (χ2v) is 11.0. The molecular weight excluding hydrogens is 458 g/mol. The Morgan fingerprint density at radius 2 is 1.81 bits per heavy atom. The number of nitrogens with two attached hydrogens (primary N) is 2. The van der Waals surface area contributed by atoms with E-state index in [4.69, 9.17) is 10.9 Å². The van der Waals surface area contributed by atoms with Crippen molar-refractivity contribution in [3.63, 3.8) is 0 Å². The van der Waals surface area contributed by atoms with Crippen molar-refractivity contribution in [2.45, 2.75) is 15.0 Å². The van der Waals surface area contributed by atoms with Crippen LogP contribution in [0.3, 0.4) is 0 Å². The Balaban J connectivity index is 1.87. The molecule has 2 aromatic heterocycles. The van der Waals surface area contributed by atoms with Gasteiger partial charge in [-0.2, -0.15) is 10.3 Å². The van der Waals surface area contributed by atoms with Crippen LogP contribution in [0.4, 0.5) is 5.82 Å². The van der Waals surface area contributed by atoms with E-state index in [0.717, 1.165) is 0 Å². The van der Waals surface area contributed by atoms with Gasteiger partial charge < -0.3 is 11.1 Å². The van der Waals surface area contributed by atoms with Gasteiger partial charge in [-0.1, -0.05) is 12.1 Å². The zero-order valence-electron chi connectivity index (χ0n) is 16.3. The first-order valence-corrected chi connectivity index (χ1v) is 12.4. The smallest absolute Gasteiger partial charge is 0.240 e. The first-order valence-electron chi connectivity index (χ1n) is 9.30. The quantitative estimate of drug-likeness (QED) is 0.246. The molecule has 4 aromatic rings. The van der Waals surface area contributed by atoms with Crippen molar-refractivity contribution in [1.82, 2.24) is 36.1 Å². The van der Waals surface area contributed by atoms with Crippen molar-refractivity contribution in [1.29, 1.82) is 0 Å². The number of hydrogen-bond acceptors (Lipinski definition) is 10. The Morgan fingerprint density at radius 1 is 1.03 bits per heavy atom. The highest BCUT2D eigenvalue weighted by Crippen LogP contribution is 2.40. The maximum Gasteiger partial charge on any atom is 0.240 e. The van der Waals surface area contributed by atoms with E-state index in [0.29, 0.717) is 22.0 Å². The molecule has 32 heavy (non-hydrogen) atoms. The second kappa shape index (κ2) is 7.06. The summed E-state index contributed by atoms with van der Waals surface area (Å²) >= 11 is 0. The third kappa shape index (κ3) is 3.13. The molecule has 0 unspecified atom stereocenters. The number of sulfonamides is 1. The van der Waals surface area contributed by atoms with Crippen LogP contribution < -0.4 is 16.2 Å². The monoisotopic (exact) mass is 475 g/mol. The zero-order valence-corrected chi connectivity index (χ0v) is 17.9. The van der Waals surface area contributed by atoms with Gasteiger partial charge in [0.05, 0.1) is 21.2 Å². The lowest BCUT2D eigenvalue weighted by molar-refractivity contribution is 0.493. The molecule has 0 amide bonds. The summed E-state index contributed by atoms with van der Waals surface area (Å²) in [6.45, 7) is 0.421. The van der Waals surface area contributed by atoms with E-state index in [1.54, 1.807) is 18.2 Å². The molecule has 13 nitrogen and oxygen atoms in total. The van der Waals surface area contributed by atoms with Gasteiger partial charge in [0.2, 0.25) is 15.8 Å². The van der Waals surface area contributed by atoms with Gasteiger partial charge >= 0.3 is 0 Å². The van der Waals surface area contributed by atoms with Gasteiger partial charge in [-0.15, -0.1) is 10.2 Å². The molecule has 0 saturated carbocycles. The fourth-order valence-corrected chi connectivity index (χ4v) is 6.85. The van der Waals surface area contributed by atoms with Crippen LogP contribution in [0.1, 0.15) is 0 Å². The van der Waals surface area contributed by atoms with Gasteiger partial charge in [0.1, 0.15) is 4.90 Å². The van der Waals surface area contributed by atoms with E-state index >= 15 is 0 Å². The van der Waals surface area contributed by atoms with Gasteiger partial charge in [-0.3, -0.25) is 5.10 Å². The minimum atomic E-state index is -4.53. The minimum Gasteiger partial charge on any atom is -0.382 e. The summed E-state index contributed by atoms with van der Waals surface area (Å²) in [6, 6.07) is 7.86. The Labute approximate surface area is 181 Å². The predicted octanol–water partition coefficient (Wildman–Crippen LogP) is -0.615. The number of primary sulfonamides is 1. The molecule has 3 heterocycles. The summed E-state index contributed by atoms with van der Waals surface area (Å²) in [5.41, 5.74) is 7.38. The number of nitrogens with one attached hydrogen (secondary N) is 3. The number of sulfone groups is 1. The van der Waals surface area contributed by atoms with Gasteiger partial charge in [0.15, 0.2) is 15.7 Å². The molecule has 1 aliphatic rings. The van der Waals surface area contributed by atoms with E-state index in [1.165, 1.54) is 12.1 Å². The average molecular weight is 476 g/mol. The molecule has 1 fully saturated rings. The number of H-pyrrole nitrogens is 2. The number of fused-ring (bicyclic) bond motifs is 1. The van der Waals surface area contributed by atoms with Crippen LogP contribution in [-0.4, -0.2) is 66.0 Å². The standard InChI is InChI=1S/C17H17N9O4S2/c18-16-11-5-8(1-3-12(11)21-22-16)10-2-4-13(31(27,28)9-6-20-7-9)15(32(19,29)30)14(10)17-23-25-26-24-17/h1-5,9,20H,6-7H2,(H3,18,21,22)(H2,19,29,30)(H,23,24,25,26). The van der Waals surface area contributed by atoms with E-state index in [1.807, 2.05) is 0 Å². The molecular formula is C17H17N9O4S2. The van der Waals surface area contributed by atoms with Crippen LogP contribution in [0.25, 0.3) is 33.4 Å². The summed E-state index contributed by atoms with van der Waals surface area (Å²) in [7, 11) is -8.53. The molecule has 5 rings (SSSR count). The van der Waals surface area contributed by atoms with Crippen molar-refractivity contribution in [3.8, 4) is 22.5 Å². The molecule has 0 spiro atoms. The van der Waals surface area contributed by atoms with Gasteiger partial charge in [0, 0.05) is 18.5 Å². The summed E-state index contributed by atoms with van der Waals surface area (Å²) in [4.78, 5) is -0.984. The Kier molecular flexibility index (Phi) is 4.52. The van der Waals surface area contributed by atoms with Crippen LogP contribution in [0, 0.1) is 0 Å². The lowest BCUT2D eigenvalue weighted by Crippen LogP contribution is -2.51. The van der Waals surface area contributed by atoms with E-state index in [2.05, 4.69) is 36.1 Å². The largest absolute Gasteiger partial charge is 0.382 e. The zero-order chi connectivity index (χ0) is 22.7. The highest BCUT2D eigenvalue weighted by Gasteiger charge is 2.38. The fraction of sp³-hybridized carbons (Fsp3) is 0.176. The second-order valence-electron chi connectivity index (χ2n) is 7.29. The predicted molar refractivity (Wildman–Crippen MR) is 114 cm³/mol. The Hall–Kier alpha value is -3.40. The number of rotatable bonds is 5. The van der Waals surface area contributed by atoms with Gasteiger partial charge in [-0.25, -0.2) is 22.0 Å². The maximum absolute atomic E-state index is 13.2. The molecule has 166 valence electrons. The molecule has 0 radical (unpaired) electrons. The number of nitrogens with zero attached hydrogens (tertiary/aromatic N) is 4. The molecule has 2 aromatic carbocycles. The number of anilines is 1. The summed E-state index contributed by atoms with van der Waals surface area (Å²) in [6.07, 6.45) is 0. The number of aromatic nitrogens is 6. The molecule has 7 N–H and O–H groups in total. The highest BCUT2D eigenvalue weighted by atomic mass is 32.2. The molecule has 0 atom stereocenters. The first kappa shape index (κ1) is 20.5. The van der Waals surface area contributed by atoms with Crippen molar-refractivity contribution < 1.29 is 16.8 Å². The van der Waals surface area contributed by atoms with Crippen LogP contribution in [-0.2, 0) is 19.9 Å². The number of aromatic amines is 2. The Morgan fingerprint density at radius 3 is 2.44 bits per heavy atom. The summed E-state index contributed by atoms with van der Waals surface area (Å²) < 4.78 is 51.8. The van der Waals surface area contributed by atoms with Crippen LogP contribution in [0.15, 0.2) is 40.1 Å². The molecule has 0 bridgehead atoms. The summed E-state index contributed by atoms with van der Waals surface area (Å²) in [5, 5.41) is 28.6. The van der Waals surface area contributed by atoms with Crippen LogP contribution in [0.5, 0.6) is 0 Å². The SMILES string of the molecule is Nc1n[nH]c2ccc(-c3ccc(S(=O)(=O)C4CNC4)c(S(N)(=O)=O)c3-c3nn[nH]n3)cc12. The van der Waals surface area contributed by atoms with E-state index in [9.17, 15) is 16.8 Å². The lowest BCUT2D eigenvalue weighted by Gasteiger charge is -2.28. The molecule has 1 saturated heterocycles. The topological polar surface area (TPSA) is 215 Å². The Bertz CT molecular complexity index is 1560. The molecule has 1 aliphatic heterocycles. The minimum absolute atomic E-state index is 0.0731. The van der Waals surface area contributed by atoms with Crippen LogP contribution >= 0.6 is 0 Å². The van der Waals surface area contributed by atoms with Crippen molar-refractivity contribution in [3.05, 3.63) is 30.3 Å². The normalized spacial score (nSPS) is 15.2. The molecule has 0 aliphatic carbocycles. The number of benzene rings is 2. The number of hydrogen-bond donors (Lipinski definition) is 5. The fourth-order valence-electron chi connectivity index (χ4n) is 3.66. The van der Waals surface area contributed by atoms with Gasteiger partial charge in [0.25, 0.3) is 0 Å². The number of nitrogen functional groups attached to an aromatic ring is 1. The number of tetrazole rings is 1. The summed E-state index contributed by atoms with van der Waals surface area (Å²) in [5.74, 6) is 0.138. The first-order chi connectivity index (χ1) is 15.2. The van der Waals surface area contributed by atoms with Crippen molar-refractivity contribution in [2.24, 2.45) is 5.14 Å². The average Bonchev–Trinajstić information content (AvgIpc) is 3.34. The molecule has 15 heteroatoms. The van der Waals surface area contributed by atoms with E-state index < -0.39 is 34.9 Å². The third-order valence-corrected chi connectivity index (χ3v) is 8.65.